The van der Waals surface area contributed by atoms with Gasteiger partial charge in [-0.25, -0.2) is 9.97 Å². The van der Waals surface area contributed by atoms with Gasteiger partial charge in [0.1, 0.15) is 0 Å². The zero-order valence-electron chi connectivity index (χ0n) is 13.5. The Kier molecular flexibility index (Phi) is 5.64. The minimum absolute atomic E-state index is 0.144. The van der Waals surface area contributed by atoms with Crippen molar-refractivity contribution in [3.63, 3.8) is 0 Å². The number of amides is 1. The van der Waals surface area contributed by atoms with Gasteiger partial charge in [0, 0.05) is 37.1 Å². The number of nitrogens with zero attached hydrogens (tertiary/aromatic N) is 3. The molecule has 1 N–H and O–H groups in total. The van der Waals surface area contributed by atoms with E-state index < -0.39 is 0 Å². The van der Waals surface area contributed by atoms with Crippen molar-refractivity contribution in [3.05, 3.63) is 52.8 Å². The minimum Gasteiger partial charge on any atom is -0.352 e. The fourth-order valence-electron chi connectivity index (χ4n) is 2.77. The summed E-state index contributed by atoms with van der Waals surface area (Å²) >= 11 is 5.86. The highest BCUT2D eigenvalue weighted by Crippen LogP contribution is 2.15. The van der Waals surface area contributed by atoms with Crippen LogP contribution < -0.4 is 10.2 Å². The highest BCUT2D eigenvalue weighted by Gasteiger charge is 2.14. The Bertz CT molecular complexity index is 666. The quantitative estimate of drug-likeness (QED) is 0.905. The second-order valence-electron chi connectivity index (χ2n) is 5.95. The molecule has 0 aliphatic carbocycles. The third-order valence-electron chi connectivity index (χ3n) is 4.15. The van der Waals surface area contributed by atoms with Crippen LogP contribution in [-0.2, 0) is 6.42 Å². The molecule has 1 amide bonds. The van der Waals surface area contributed by atoms with Crippen molar-refractivity contribution in [2.24, 2.45) is 0 Å². The van der Waals surface area contributed by atoms with Gasteiger partial charge in [-0.05, 0) is 43.4 Å². The first-order valence-electron chi connectivity index (χ1n) is 8.32. The van der Waals surface area contributed by atoms with Crippen molar-refractivity contribution in [1.29, 1.82) is 0 Å². The Hall–Kier alpha value is -2.14. The molecule has 2 aromatic rings. The lowest BCUT2D eigenvalue weighted by Gasteiger charge is -2.26. The van der Waals surface area contributed by atoms with Gasteiger partial charge in [0.05, 0.1) is 5.56 Å². The standard InChI is InChI=1S/C18H21ClN4O/c19-16-6-4-14(5-7-16)8-9-20-17(24)15-12-21-18(22-13-15)23-10-2-1-3-11-23/h4-7,12-13H,1-3,8-11H2,(H,20,24). The van der Waals surface area contributed by atoms with Crippen LogP contribution in [0.3, 0.4) is 0 Å². The highest BCUT2D eigenvalue weighted by atomic mass is 35.5. The first-order valence-corrected chi connectivity index (χ1v) is 8.70. The van der Waals surface area contributed by atoms with Gasteiger partial charge in [0.2, 0.25) is 5.95 Å². The average Bonchev–Trinajstić information content (AvgIpc) is 2.64. The smallest absolute Gasteiger partial charge is 0.254 e. The second-order valence-corrected chi connectivity index (χ2v) is 6.39. The summed E-state index contributed by atoms with van der Waals surface area (Å²) < 4.78 is 0. The summed E-state index contributed by atoms with van der Waals surface area (Å²) in [7, 11) is 0. The van der Waals surface area contributed by atoms with Crippen LogP contribution in [0.4, 0.5) is 5.95 Å². The summed E-state index contributed by atoms with van der Waals surface area (Å²) in [6.07, 6.45) is 7.59. The van der Waals surface area contributed by atoms with Gasteiger partial charge >= 0.3 is 0 Å². The largest absolute Gasteiger partial charge is 0.352 e. The van der Waals surface area contributed by atoms with Gasteiger partial charge in [0.25, 0.3) is 5.91 Å². The summed E-state index contributed by atoms with van der Waals surface area (Å²) in [5.41, 5.74) is 1.63. The molecule has 0 unspecified atom stereocenters. The molecule has 1 aliphatic rings. The molecule has 2 heterocycles. The summed E-state index contributed by atoms with van der Waals surface area (Å²) in [6.45, 7) is 2.55. The van der Waals surface area contributed by atoms with E-state index in [9.17, 15) is 4.79 Å². The maximum Gasteiger partial charge on any atom is 0.254 e. The predicted molar refractivity (Wildman–Crippen MR) is 95.6 cm³/mol. The van der Waals surface area contributed by atoms with Crippen LogP contribution in [0.25, 0.3) is 0 Å². The SMILES string of the molecule is O=C(NCCc1ccc(Cl)cc1)c1cnc(N2CCCCC2)nc1. The molecule has 1 aromatic carbocycles. The van der Waals surface area contributed by atoms with Gasteiger partial charge in [0.15, 0.2) is 0 Å². The van der Waals surface area contributed by atoms with Crippen LogP contribution in [-0.4, -0.2) is 35.5 Å². The van der Waals surface area contributed by atoms with Crippen LogP contribution in [0, 0.1) is 0 Å². The van der Waals surface area contributed by atoms with E-state index in [4.69, 9.17) is 11.6 Å². The molecule has 126 valence electrons. The van der Waals surface area contributed by atoms with Crippen molar-refractivity contribution in [2.45, 2.75) is 25.7 Å². The van der Waals surface area contributed by atoms with E-state index in [0.717, 1.165) is 25.1 Å². The Morgan fingerprint density at radius 1 is 1.08 bits per heavy atom. The molecule has 24 heavy (non-hydrogen) atoms. The van der Waals surface area contributed by atoms with Gasteiger partial charge in [-0.1, -0.05) is 23.7 Å². The van der Waals surface area contributed by atoms with Crippen LogP contribution in [0.5, 0.6) is 0 Å². The molecule has 0 atom stereocenters. The Balaban J connectivity index is 1.50. The molecule has 1 aliphatic heterocycles. The van der Waals surface area contributed by atoms with Crippen molar-refractivity contribution >= 4 is 23.5 Å². The van der Waals surface area contributed by atoms with Crippen LogP contribution >= 0.6 is 11.6 Å². The highest BCUT2D eigenvalue weighted by molar-refractivity contribution is 6.30. The van der Waals surface area contributed by atoms with E-state index in [1.54, 1.807) is 12.4 Å². The Morgan fingerprint density at radius 2 is 1.75 bits per heavy atom. The molecule has 0 bridgehead atoms. The molecule has 1 fully saturated rings. The lowest BCUT2D eigenvalue weighted by atomic mass is 10.1. The van der Waals surface area contributed by atoms with Crippen molar-refractivity contribution < 1.29 is 4.79 Å². The van der Waals surface area contributed by atoms with E-state index in [-0.39, 0.29) is 5.91 Å². The van der Waals surface area contributed by atoms with Crippen LogP contribution in [0.15, 0.2) is 36.7 Å². The Morgan fingerprint density at radius 3 is 2.42 bits per heavy atom. The number of halogens is 1. The molecule has 0 radical (unpaired) electrons. The van der Waals surface area contributed by atoms with Crippen molar-refractivity contribution in [1.82, 2.24) is 15.3 Å². The van der Waals surface area contributed by atoms with Crippen LogP contribution in [0.1, 0.15) is 35.2 Å². The molecular formula is C18H21ClN4O. The summed E-state index contributed by atoms with van der Waals surface area (Å²) in [6, 6.07) is 7.63. The van der Waals surface area contributed by atoms with Gasteiger partial charge in [-0.2, -0.15) is 0 Å². The van der Waals surface area contributed by atoms with E-state index in [2.05, 4.69) is 20.2 Å². The molecule has 3 rings (SSSR count). The molecule has 0 spiro atoms. The Labute approximate surface area is 147 Å². The zero-order valence-corrected chi connectivity index (χ0v) is 14.3. The van der Waals surface area contributed by atoms with Crippen molar-refractivity contribution in [2.75, 3.05) is 24.5 Å². The van der Waals surface area contributed by atoms with Gasteiger partial charge in [-0.15, -0.1) is 0 Å². The molecule has 5 nitrogen and oxygen atoms in total. The molecular weight excluding hydrogens is 324 g/mol. The fourth-order valence-corrected chi connectivity index (χ4v) is 2.90. The first-order chi connectivity index (χ1) is 11.7. The third-order valence-corrected chi connectivity index (χ3v) is 4.40. The number of benzene rings is 1. The number of carbonyl (C=O) groups is 1. The predicted octanol–water partition coefficient (Wildman–Crippen LogP) is 3.09. The van der Waals surface area contributed by atoms with E-state index in [0.29, 0.717) is 23.1 Å². The minimum atomic E-state index is -0.144. The molecule has 1 aromatic heterocycles. The topological polar surface area (TPSA) is 58.1 Å². The normalized spacial score (nSPS) is 14.5. The number of hydrogen-bond acceptors (Lipinski definition) is 4. The molecule has 1 saturated heterocycles. The second kappa shape index (κ2) is 8.11. The summed E-state index contributed by atoms with van der Waals surface area (Å²) in [5, 5.41) is 3.61. The average molecular weight is 345 g/mol. The lowest BCUT2D eigenvalue weighted by molar-refractivity contribution is 0.0953. The monoisotopic (exact) mass is 344 g/mol. The lowest BCUT2D eigenvalue weighted by Crippen LogP contribution is -2.31. The first kappa shape index (κ1) is 16.7. The van der Waals surface area contributed by atoms with Crippen molar-refractivity contribution in [3.8, 4) is 0 Å². The summed E-state index contributed by atoms with van der Waals surface area (Å²) in [4.78, 5) is 23.0. The van der Waals surface area contributed by atoms with E-state index >= 15 is 0 Å². The zero-order chi connectivity index (χ0) is 16.8. The fraction of sp³-hybridized carbons (Fsp3) is 0.389. The maximum atomic E-state index is 12.2. The van der Waals surface area contributed by atoms with E-state index in [1.165, 1.54) is 19.3 Å². The number of rotatable bonds is 5. The number of anilines is 1. The van der Waals surface area contributed by atoms with E-state index in [1.807, 2.05) is 24.3 Å². The van der Waals surface area contributed by atoms with Gasteiger partial charge < -0.3 is 10.2 Å². The number of piperidine rings is 1. The summed E-state index contributed by atoms with van der Waals surface area (Å²) in [5.74, 6) is 0.571. The molecule has 0 saturated carbocycles. The number of carbonyl (C=O) groups excluding carboxylic acids is 1. The number of nitrogens with one attached hydrogen (secondary N) is 1. The third kappa shape index (κ3) is 4.45. The maximum absolute atomic E-state index is 12.2. The molecule has 6 heteroatoms. The number of hydrogen-bond donors (Lipinski definition) is 1. The number of aromatic nitrogens is 2. The van der Waals surface area contributed by atoms with Crippen LogP contribution in [0.2, 0.25) is 5.02 Å². The van der Waals surface area contributed by atoms with Gasteiger partial charge in [-0.3, -0.25) is 4.79 Å².